The molecule has 0 unspecified atom stereocenters. The summed E-state index contributed by atoms with van der Waals surface area (Å²) < 4.78 is 7.14. The molecule has 0 saturated carbocycles. The molecule has 0 amide bonds. The summed E-state index contributed by atoms with van der Waals surface area (Å²) in [4.78, 5) is 0. The fourth-order valence-corrected chi connectivity index (χ4v) is 11.2. The summed E-state index contributed by atoms with van der Waals surface area (Å²) in [6.07, 6.45) is 0. The predicted octanol–water partition coefficient (Wildman–Crippen LogP) is 4.35. The van der Waals surface area contributed by atoms with Crippen molar-refractivity contribution in [3.8, 4) is 0 Å². The molecule has 3 rings (SSSR count). The van der Waals surface area contributed by atoms with Crippen molar-refractivity contribution in [2.75, 3.05) is 0 Å². The van der Waals surface area contributed by atoms with Crippen LogP contribution in [0.1, 0.15) is 13.8 Å². The van der Waals surface area contributed by atoms with Gasteiger partial charge in [0.15, 0.2) is 0 Å². The van der Waals surface area contributed by atoms with E-state index < -0.39 is 17.4 Å². The van der Waals surface area contributed by atoms with Crippen LogP contribution in [-0.4, -0.2) is 17.4 Å². The van der Waals surface area contributed by atoms with Crippen LogP contribution in [0.3, 0.4) is 0 Å². The first-order valence-corrected chi connectivity index (χ1v) is 16.8. The molecular formula is C22H25OSSi2W. The summed E-state index contributed by atoms with van der Waals surface area (Å²) in [6, 6.07) is 34.6. The van der Waals surface area contributed by atoms with Gasteiger partial charge in [-0.3, -0.25) is 0 Å². The van der Waals surface area contributed by atoms with Crippen molar-refractivity contribution in [1.82, 2.24) is 0 Å². The Kier molecular flexibility index (Phi) is 9.66. The van der Waals surface area contributed by atoms with Crippen LogP contribution in [0.15, 0.2) is 91.0 Å². The summed E-state index contributed by atoms with van der Waals surface area (Å²) in [5.74, 6) is 0. The van der Waals surface area contributed by atoms with E-state index in [0.717, 1.165) is 12.1 Å². The molecule has 139 valence electrons. The zero-order valence-electron chi connectivity index (χ0n) is 15.8. The molecule has 0 aliphatic carbocycles. The Morgan fingerprint density at radius 2 is 1.15 bits per heavy atom. The van der Waals surface area contributed by atoms with E-state index in [0.29, 0.717) is 0 Å². The third kappa shape index (κ3) is 5.49. The van der Waals surface area contributed by atoms with Crippen molar-refractivity contribution < 1.29 is 22.1 Å². The Morgan fingerprint density at radius 1 is 0.741 bits per heavy atom. The first kappa shape index (κ1) is 22.3. The molecule has 0 aliphatic rings. The van der Waals surface area contributed by atoms with E-state index in [1.807, 2.05) is 0 Å². The van der Waals surface area contributed by atoms with E-state index in [2.05, 4.69) is 115 Å². The van der Waals surface area contributed by atoms with Crippen molar-refractivity contribution in [2.24, 2.45) is 0 Å². The van der Waals surface area contributed by atoms with Crippen LogP contribution in [-0.2, 0) is 22.1 Å². The molecule has 0 bridgehead atoms. The van der Waals surface area contributed by atoms with Crippen LogP contribution >= 0.6 is 9.82 Å². The molecule has 0 aliphatic heterocycles. The minimum atomic E-state index is -2.24. The molecule has 0 fully saturated rings. The summed E-state index contributed by atoms with van der Waals surface area (Å²) in [5, 5.41) is 4.11. The van der Waals surface area contributed by atoms with Gasteiger partial charge in [0.05, 0.1) is 0 Å². The molecule has 0 N–H and O–H groups in total. The molecule has 1 nitrogen and oxygen atoms in total. The Morgan fingerprint density at radius 3 is 1.52 bits per heavy atom. The summed E-state index contributed by atoms with van der Waals surface area (Å²) in [6.45, 7) is 4.54. The van der Waals surface area contributed by atoms with E-state index in [1.54, 1.807) is 0 Å². The summed E-state index contributed by atoms with van der Waals surface area (Å²) in [5.41, 5.74) is 0. The number of rotatable bonds is 7. The molecule has 1 radical (unpaired) electrons. The fourth-order valence-electron chi connectivity index (χ4n) is 3.35. The number of hydrogen-bond acceptors (Lipinski definition) is 2. The van der Waals surface area contributed by atoms with Gasteiger partial charge >= 0.3 is 27.8 Å². The number of benzene rings is 3. The van der Waals surface area contributed by atoms with Crippen LogP contribution in [0.2, 0.25) is 12.1 Å². The van der Waals surface area contributed by atoms with E-state index in [9.17, 15) is 0 Å². The van der Waals surface area contributed by atoms with E-state index in [-0.39, 0.29) is 0 Å². The topological polar surface area (TPSA) is 9.23 Å². The third-order valence-electron chi connectivity index (χ3n) is 4.69. The minimum absolute atomic E-state index is 1.04. The SMILES string of the molecule is CC[Si](O[Si](CC)(c1ccccc1)c1ccccc1)c1ccccc1.[S]=[W]. The fraction of sp³-hybridized carbons (Fsp3) is 0.182. The first-order chi connectivity index (χ1) is 13.3. The van der Waals surface area contributed by atoms with Gasteiger partial charge < -0.3 is 4.12 Å². The zero-order valence-corrected chi connectivity index (χ0v) is 21.5. The standard InChI is InChI=1S/C22H25OSi2.S.W/c1-3-24(20-14-8-5-9-15-20)23-25(4-2,21-16-10-6-11-17-21)22-18-12-7-13-19-22;;/h5-19H,3-4H2,1-2H3;;. The summed E-state index contributed by atoms with van der Waals surface area (Å²) >= 11 is 1.17. The summed E-state index contributed by atoms with van der Waals surface area (Å²) in [7, 11) is 0.861. The number of hydrogen-bond donors (Lipinski definition) is 0. The van der Waals surface area contributed by atoms with Crippen molar-refractivity contribution in [1.29, 1.82) is 0 Å². The molecule has 0 aromatic heterocycles. The van der Waals surface area contributed by atoms with E-state index in [1.165, 1.54) is 33.6 Å². The maximum absolute atomic E-state index is 7.14. The van der Waals surface area contributed by atoms with Gasteiger partial charge in [0.25, 0.3) is 0 Å². The second-order valence-corrected chi connectivity index (χ2v) is 12.6. The molecule has 0 heterocycles. The molecule has 0 saturated heterocycles. The van der Waals surface area contributed by atoms with E-state index in [4.69, 9.17) is 4.12 Å². The average molecular weight is 578 g/mol. The average Bonchev–Trinajstić information content (AvgIpc) is 2.78. The van der Waals surface area contributed by atoms with Crippen molar-refractivity contribution in [3.63, 3.8) is 0 Å². The monoisotopic (exact) mass is 577 g/mol. The van der Waals surface area contributed by atoms with Crippen LogP contribution in [0.25, 0.3) is 0 Å². The molecule has 3 aromatic rings. The van der Waals surface area contributed by atoms with Crippen molar-refractivity contribution >= 4 is 42.7 Å². The normalized spacial score (nSPS) is 10.9. The first-order valence-electron chi connectivity index (χ1n) is 9.18. The van der Waals surface area contributed by atoms with Crippen LogP contribution < -0.4 is 15.6 Å². The predicted molar refractivity (Wildman–Crippen MR) is 119 cm³/mol. The molecule has 27 heavy (non-hydrogen) atoms. The van der Waals surface area contributed by atoms with Gasteiger partial charge in [-0.2, -0.15) is 0 Å². The molecule has 5 heteroatoms. The second-order valence-electron chi connectivity index (χ2n) is 6.16. The van der Waals surface area contributed by atoms with Gasteiger partial charge in [-0.1, -0.05) is 105 Å². The molecule has 0 atom stereocenters. The van der Waals surface area contributed by atoms with Gasteiger partial charge in [0.2, 0.25) is 17.4 Å². The Labute approximate surface area is 181 Å². The van der Waals surface area contributed by atoms with Crippen LogP contribution in [0.4, 0.5) is 0 Å². The zero-order chi connectivity index (χ0) is 19.5. The van der Waals surface area contributed by atoms with Crippen molar-refractivity contribution in [3.05, 3.63) is 91.0 Å². The maximum atomic E-state index is 7.14. The molecular weight excluding hydrogens is 552 g/mol. The molecule has 3 aromatic carbocycles. The quantitative estimate of drug-likeness (QED) is 0.387. The Hall–Kier alpha value is -1.04. The third-order valence-corrected chi connectivity index (χ3v) is 12.2. The Bertz CT molecular complexity index is 748. The van der Waals surface area contributed by atoms with E-state index >= 15 is 0 Å². The van der Waals surface area contributed by atoms with Gasteiger partial charge in [-0.25, -0.2) is 0 Å². The van der Waals surface area contributed by atoms with Gasteiger partial charge in [0.1, 0.15) is 0 Å². The van der Waals surface area contributed by atoms with Crippen molar-refractivity contribution in [2.45, 2.75) is 25.9 Å². The van der Waals surface area contributed by atoms with Crippen LogP contribution in [0.5, 0.6) is 0 Å². The molecule has 0 spiro atoms. The van der Waals surface area contributed by atoms with Crippen LogP contribution in [0, 0.1) is 0 Å². The van der Waals surface area contributed by atoms with Gasteiger partial charge in [0, 0.05) is 0 Å². The second kappa shape index (κ2) is 11.7. The van der Waals surface area contributed by atoms with Gasteiger partial charge in [-0.15, -0.1) is 0 Å². The Balaban J connectivity index is 0.00000126. The van der Waals surface area contributed by atoms with Gasteiger partial charge in [-0.05, 0) is 27.6 Å².